The van der Waals surface area contributed by atoms with Crippen molar-refractivity contribution in [2.75, 3.05) is 23.7 Å². The number of hydrogen-bond acceptors (Lipinski definition) is 3. The van der Waals surface area contributed by atoms with Crippen LogP contribution in [0.4, 0.5) is 18.9 Å². The maximum atomic E-state index is 13.4. The molecular weight excluding hydrogens is 297 g/mol. The summed E-state index contributed by atoms with van der Waals surface area (Å²) >= 11 is 1.81. The van der Waals surface area contributed by atoms with Gasteiger partial charge in [-0.05, 0) is 37.6 Å². The molecular formula is C15H21F3N2S. The first kappa shape index (κ1) is 16.5. The second kappa shape index (κ2) is 6.48. The maximum Gasteiger partial charge on any atom is 0.418 e. The third kappa shape index (κ3) is 3.66. The number of nitrogens with two attached hydrogens (primary N) is 1. The third-order valence-corrected chi connectivity index (χ3v) is 5.33. The first-order valence-electron chi connectivity index (χ1n) is 7.13. The van der Waals surface area contributed by atoms with Gasteiger partial charge in [0.2, 0.25) is 0 Å². The van der Waals surface area contributed by atoms with Crippen molar-refractivity contribution in [1.29, 1.82) is 0 Å². The van der Waals surface area contributed by atoms with Crippen LogP contribution in [0, 0.1) is 0 Å². The molecule has 2 N–H and O–H groups in total. The molecule has 2 unspecified atom stereocenters. The Morgan fingerprint density at radius 3 is 2.67 bits per heavy atom. The van der Waals surface area contributed by atoms with Crippen molar-refractivity contribution >= 4 is 17.4 Å². The standard InChI is InChI=1S/C15H21F3N2S/c1-10-11(2)21-8-7-20(10)14-4-3-12(5-6-19)9-13(14)15(16,17)18/h3-4,9-11H,5-8,19H2,1-2H3. The number of nitrogens with zero attached hydrogens (tertiary/aromatic N) is 1. The number of thioether (sulfide) groups is 1. The Balaban J connectivity index is 2.42. The highest BCUT2D eigenvalue weighted by Gasteiger charge is 2.37. The quantitative estimate of drug-likeness (QED) is 0.924. The van der Waals surface area contributed by atoms with E-state index in [1.54, 1.807) is 12.1 Å². The normalized spacial score (nSPS) is 23.4. The first-order valence-corrected chi connectivity index (χ1v) is 8.18. The van der Waals surface area contributed by atoms with Crippen molar-refractivity contribution in [2.45, 2.75) is 37.7 Å². The highest BCUT2D eigenvalue weighted by atomic mass is 32.2. The van der Waals surface area contributed by atoms with E-state index in [4.69, 9.17) is 5.73 Å². The molecule has 0 amide bonds. The molecule has 0 radical (unpaired) electrons. The summed E-state index contributed by atoms with van der Waals surface area (Å²) in [7, 11) is 0. The van der Waals surface area contributed by atoms with Gasteiger partial charge in [-0.15, -0.1) is 0 Å². The molecule has 0 spiro atoms. The molecule has 1 aliphatic heterocycles. The summed E-state index contributed by atoms with van der Waals surface area (Å²) in [5, 5.41) is 0.323. The molecule has 1 aromatic carbocycles. The monoisotopic (exact) mass is 318 g/mol. The molecule has 21 heavy (non-hydrogen) atoms. The molecule has 118 valence electrons. The summed E-state index contributed by atoms with van der Waals surface area (Å²) in [6.45, 7) is 5.06. The lowest BCUT2D eigenvalue weighted by Gasteiger charge is -2.40. The fraction of sp³-hybridized carbons (Fsp3) is 0.600. The predicted molar refractivity (Wildman–Crippen MR) is 82.9 cm³/mol. The largest absolute Gasteiger partial charge is 0.418 e. The molecule has 1 aliphatic rings. The van der Waals surface area contributed by atoms with E-state index in [0.29, 0.717) is 36.0 Å². The summed E-state index contributed by atoms with van der Waals surface area (Å²) in [6.07, 6.45) is -3.88. The van der Waals surface area contributed by atoms with Gasteiger partial charge in [-0.2, -0.15) is 24.9 Å². The number of anilines is 1. The van der Waals surface area contributed by atoms with E-state index in [9.17, 15) is 13.2 Å². The van der Waals surface area contributed by atoms with E-state index in [2.05, 4.69) is 6.92 Å². The van der Waals surface area contributed by atoms with Gasteiger partial charge in [-0.1, -0.05) is 13.0 Å². The van der Waals surface area contributed by atoms with Crippen molar-refractivity contribution in [3.05, 3.63) is 29.3 Å². The molecule has 0 bridgehead atoms. The molecule has 0 aliphatic carbocycles. The zero-order valence-electron chi connectivity index (χ0n) is 12.3. The van der Waals surface area contributed by atoms with Crippen LogP contribution in [0.25, 0.3) is 0 Å². The van der Waals surface area contributed by atoms with Gasteiger partial charge in [0.15, 0.2) is 0 Å². The molecule has 1 aromatic rings. The van der Waals surface area contributed by atoms with Crippen LogP contribution in [0.5, 0.6) is 0 Å². The first-order chi connectivity index (χ1) is 9.84. The van der Waals surface area contributed by atoms with Crippen molar-refractivity contribution < 1.29 is 13.2 Å². The van der Waals surface area contributed by atoms with E-state index in [0.717, 1.165) is 5.75 Å². The van der Waals surface area contributed by atoms with Gasteiger partial charge in [0.1, 0.15) is 0 Å². The SMILES string of the molecule is CC1SCCN(c2ccc(CCN)cc2C(F)(F)F)C1C. The predicted octanol–water partition coefficient (Wildman–Crippen LogP) is 3.54. The van der Waals surface area contributed by atoms with Gasteiger partial charge in [-0.3, -0.25) is 0 Å². The summed E-state index contributed by atoms with van der Waals surface area (Å²) in [5.74, 6) is 0.855. The molecule has 1 heterocycles. The molecule has 2 rings (SSSR count). The minimum Gasteiger partial charge on any atom is -0.366 e. The van der Waals surface area contributed by atoms with E-state index < -0.39 is 11.7 Å². The smallest absolute Gasteiger partial charge is 0.366 e. The molecule has 0 aromatic heterocycles. The molecule has 2 nitrogen and oxygen atoms in total. The van der Waals surface area contributed by atoms with Crippen LogP contribution in [0.3, 0.4) is 0 Å². The van der Waals surface area contributed by atoms with E-state index in [-0.39, 0.29) is 6.04 Å². The summed E-state index contributed by atoms with van der Waals surface area (Å²) in [6, 6.07) is 4.70. The van der Waals surface area contributed by atoms with Crippen molar-refractivity contribution in [3.8, 4) is 0 Å². The second-order valence-electron chi connectivity index (χ2n) is 5.40. The number of alkyl halides is 3. The van der Waals surface area contributed by atoms with Crippen LogP contribution < -0.4 is 10.6 Å². The Kier molecular flexibility index (Phi) is 5.09. The molecule has 1 fully saturated rings. The second-order valence-corrected chi connectivity index (χ2v) is 6.88. The van der Waals surface area contributed by atoms with E-state index in [1.807, 2.05) is 23.6 Å². The minimum atomic E-state index is -4.34. The van der Waals surface area contributed by atoms with Crippen LogP contribution >= 0.6 is 11.8 Å². The fourth-order valence-corrected chi connectivity index (χ4v) is 3.76. The number of rotatable bonds is 3. The highest BCUT2D eigenvalue weighted by molar-refractivity contribution is 8.00. The van der Waals surface area contributed by atoms with Crippen LogP contribution in [0.15, 0.2) is 18.2 Å². The topological polar surface area (TPSA) is 29.3 Å². The fourth-order valence-electron chi connectivity index (χ4n) is 2.66. The van der Waals surface area contributed by atoms with Crippen molar-refractivity contribution in [2.24, 2.45) is 5.73 Å². The van der Waals surface area contributed by atoms with Crippen molar-refractivity contribution in [3.63, 3.8) is 0 Å². The van der Waals surface area contributed by atoms with Crippen LogP contribution in [0.2, 0.25) is 0 Å². The average molecular weight is 318 g/mol. The number of hydrogen-bond donors (Lipinski definition) is 1. The number of benzene rings is 1. The Morgan fingerprint density at radius 2 is 2.05 bits per heavy atom. The van der Waals surface area contributed by atoms with Crippen LogP contribution in [-0.2, 0) is 12.6 Å². The third-order valence-electron chi connectivity index (χ3n) is 3.99. The van der Waals surface area contributed by atoms with Crippen molar-refractivity contribution in [1.82, 2.24) is 0 Å². The summed E-state index contributed by atoms with van der Waals surface area (Å²) in [5.41, 5.74) is 5.84. The van der Waals surface area contributed by atoms with Gasteiger partial charge in [0, 0.05) is 29.3 Å². The lowest BCUT2D eigenvalue weighted by molar-refractivity contribution is -0.137. The Bertz CT molecular complexity index is 490. The van der Waals surface area contributed by atoms with Gasteiger partial charge in [0.25, 0.3) is 0 Å². The summed E-state index contributed by atoms with van der Waals surface area (Å²) < 4.78 is 40.2. The molecule has 0 saturated carbocycles. The maximum absolute atomic E-state index is 13.4. The Labute approximate surface area is 127 Å². The van der Waals surface area contributed by atoms with Crippen LogP contribution in [0.1, 0.15) is 25.0 Å². The minimum absolute atomic E-state index is 0.0882. The zero-order valence-corrected chi connectivity index (χ0v) is 13.1. The lowest BCUT2D eigenvalue weighted by atomic mass is 10.0. The Hall–Kier alpha value is -0.880. The molecule has 6 heteroatoms. The van der Waals surface area contributed by atoms with Gasteiger partial charge in [0.05, 0.1) is 5.56 Å². The molecule has 1 saturated heterocycles. The zero-order chi connectivity index (χ0) is 15.6. The average Bonchev–Trinajstić information content (AvgIpc) is 2.41. The van der Waals surface area contributed by atoms with E-state index >= 15 is 0 Å². The highest BCUT2D eigenvalue weighted by Crippen LogP contribution is 2.40. The summed E-state index contributed by atoms with van der Waals surface area (Å²) in [4.78, 5) is 1.89. The van der Waals surface area contributed by atoms with Gasteiger partial charge < -0.3 is 10.6 Å². The lowest BCUT2D eigenvalue weighted by Crippen LogP contribution is -2.45. The van der Waals surface area contributed by atoms with Gasteiger partial charge >= 0.3 is 6.18 Å². The van der Waals surface area contributed by atoms with E-state index in [1.165, 1.54) is 6.07 Å². The number of halogens is 3. The molecule has 2 atom stereocenters. The Morgan fingerprint density at radius 1 is 1.33 bits per heavy atom. The van der Waals surface area contributed by atoms with Crippen LogP contribution in [-0.4, -0.2) is 30.1 Å². The van der Waals surface area contributed by atoms with Gasteiger partial charge in [-0.25, -0.2) is 0 Å².